The Morgan fingerprint density at radius 2 is 1.26 bits per heavy atom. The van der Waals surface area contributed by atoms with Gasteiger partial charge in [0, 0.05) is 18.3 Å². The molecule has 2 unspecified atom stereocenters. The summed E-state index contributed by atoms with van der Waals surface area (Å²) in [6.07, 6.45) is 20.5. The third kappa shape index (κ3) is 25.5. The number of unbranched alkanes of at least 4 members (excludes halogenated alkanes) is 14. The Hall–Kier alpha value is 0.380. The number of nitrogens with zero attached hydrogens (tertiary/aromatic N) is 1. The second-order valence-corrected chi connectivity index (χ2v) is 13.3. The maximum Gasteiger partial charge on any atom is 0.472 e. The number of aliphatic hydroxyl groups is 1. The highest BCUT2D eigenvalue weighted by Gasteiger charge is 2.24. The molecule has 0 saturated heterocycles. The van der Waals surface area contributed by atoms with Crippen LogP contribution in [0, 0.1) is 5.92 Å². The van der Waals surface area contributed by atoms with Crippen molar-refractivity contribution < 1.29 is 28.1 Å². The lowest BCUT2D eigenvalue weighted by Crippen LogP contribution is -2.37. The molecule has 0 rings (SSSR count). The summed E-state index contributed by atoms with van der Waals surface area (Å²) in [6, 6.07) is 0. The van der Waals surface area contributed by atoms with E-state index < -0.39 is 7.82 Å². The smallest absolute Gasteiger partial charge is 0.396 e. The number of quaternary nitrogens is 1. The van der Waals surface area contributed by atoms with E-state index in [0.717, 1.165) is 11.5 Å². The number of hydrogen-bond donors (Lipinski definition) is 2. The predicted octanol–water partition coefficient (Wildman–Crippen LogP) is 7.04. The zero-order chi connectivity index (χ0) is 25.5. The molecule has 34 heavy (non-hydrogen) atoms. The van der Waals surface area contributed by atoms with Gasteiger partial charge in [0.2, 0.25) is 0 Å². The van der Waals surface area contributed by atoms with E-state index in [1.165, 1.54) is 96.3 Å². The number of hydrogen-bond acceptors (Lipinski definition) is 5. The molecule has 0 fully saturated rings. The highest BCUT2D eigenvalue weighted by atomic mass is 32.2. The highest BCUT2D eigenvalue weighted by molar-refractivity contribution is 7.99. The number of thioether (sulfide) groups is 1. The van der Waals surface area contributed by atoms with Crippen LogP contribution in [0.25, 0.3) is 0 Å². The monoisotopic (exact) mass is 526 g/mol. The Bertz CT molecular complexity index is 490. The average molecular weight is 527 g/mol. The van der Waals surface area contributed by atoms with Gasteiger partial charge in [-0.1, -0.05) is 96.8 Å². The Morgan fingerprint density at radius 3 is 1.71 bits per heavy atom. The lowest BCUT2D eigenvalue weighted by molar-refractivity contribution is -0.870. The van der Waals surface area contributed by atoms with Gasteiger partial charge in [-0.05, 0) is 12.2 Å². The highest BCUT2D eigenvalue weighted by Crippen LogP contribution is 2.43. The number of phosphoric acid groups is 1. The number of likely N-dealkylation sites (N-methyl/N-ethyl adjacent to an activating group) is 1. The molecule has 0 aromatic heterocycles. The van der Waals surface area contributed by atoms with E-state index in [1.54, 1.807) is 11.8 Å². The topological polar surface area (TPSA) is 76.0 Å². The Kier molecular flexibility index (Phi) is 22.8. The molecule has 2 atom stereocenters. The molecular weight excluding hydrogens is 469 g/mol. The SMILES string of the molecule is CCCCCCCCCCCCCCCCCSCC(CO)COP(=O)(O)OCC[N+](C)(C)C. The quantitative estimate of drug-likeness (QED) is 0.0715. The van der Waals surface area contributed by atoms with Gasteiger partial charge in [0.1, 0.15) is 13.2 Å². The minimum absolute atomic E-state index is 0.0422. The minimum atomic E-state index is -4.05. The summed E-state index contributed by atoms with van der Waals surface area (Å²) in [6.45, 7) is 3.05. The molecule has 0 aromatic rings. The molecule has 6 nitrogen and oxygen atoms in total. The molecule has 0 heterocycles. The number of rotatable bonds is 26. The van der Waals surface area contributed by atoms with Crippen molar-refractivity contribution in [1.29, 1.82) is 0 Å². The van der Waals surface area contributed by atoms with Crippen molar-refractivity contribution in [2.75, 3.05) is 59.0 Å². The van der Waals surface area contributed by atoms with E-state index in [1.807, 2.05) is 21.1 Å². The van der Waals surface area contributed by atoms with Crippen LogP contribution in [0.2, 0.25) is 0 Å². The summed E-state index contributed by atoms with van der Waals surface area (Å²) in [4.78, 5) is 9.79. The fourth-order valence-corrected chi connectivity index (χ4v) is 5.54. The van der Waals surface area contributed by atoms with Crippen molar-refractivity contribution in [3.63, 3.8) is 0 Å². The third-order valence-electron chi connectivity index (χ3n) is 5.99. The van der Waals surface area contributed by atoms with E-state index >= 15 is 0 Å². The standard InChI is InChI=1S/C26H56NO5PS/c1-5-6-7-8-9-10-11-12-13-14-15-16-17-18-19-22-34-25-26(23-28)24-32-33(29,30)31-21-20-27(2,3)4/h26,28H,5-25H2,1-4H3/p+1. The molecule has 8 heteroatoms. The van der Waals surface area contributed by atoms with E-state index in [-0.39, 0.29) is 25.7 Å². The molecule has 0 spiro atoms. The van der Waals surface area contributed by atoms with Gasteiger partial charge in [0.05, 0.1) is 27.7 Å². The van der Waals surface area contributed by atoms with Crippen LogP contribution in [0.15, 0.2) is 0 Å². The summed E-state index contributed by atoms with van der Waals surface area (Å²) in [7, 11) is 1.92. The summed E-state index contributed by atoms with van der Waals surface area (Å²) < 4.78 is 22.7. The van der Waals surface area contributed by atoms with Crippen molar-refractivity contribution in [3.05, 3.63) is 0 Å². The first kappa shape index (κ1) is 34.4. The van der Waals surface area contributed by atoms with Crippen LogP contribution in [0.3, 0.4) is 0 Å². The fraction of sp³-hybridized carbons (Fsp3) is 1.00. The molecule has 0 aliphatic rings. The summed E-state index contributed by atoms with van der Waals surface area (Å²) in [5.74, 6) is 1.64. The number of phosphoric ester groups is 1. The van der Waals surface area contributed by atoms with Crippen LogP contribution in [0.5, 0.6) is 0 Å². The van der Waals surface area contributed by atoms with Crippen LogP contribution in [-0.4, -0.2) is 73.5 Å². The number of aliphatic hydroxyl groups excluding tert-OH is 1. The molecule has 2 N–H and O–H groups in total. The van der Waals surface area contributed by atoms with Gasteiger partial charge in [0.15, 0.2) is 0 Å². The van der Waals surface area contributed by atoms with Gasteiger partial charge in [-0.2, -0.15) is 11.8 Å². The van der Waals surface area contributed by atoms with E-state index in [0.29, 0.717) is 11.0 Å². The molecule has 0 amide bonds. The predicted molar refractivity (Wildman–Crippen MR) is 147 cm³/mol. The summed E-state index contributed by atoms with van der Waals surface area (Å²) in [5, 5.41) is 9.53. The molecular formula is C26H57NO5PS+. The van der Waals surface area contributed by atoms with Crippen molar-refractivity contribution in [2.24, 2.45) is 5.92 Å². The van der Waals surface area contributed by atoms with Crippen LogP contribution in [0.1, 0.15) is 103 Å². The van der Waals surface area contributed by atoms with Gasteiger partial charge in [-0.25, -0.2) is 4.57 Å². The Balaban J connectivity index is 3.51. The first-order chi connectivity index (χ1) is 16.2. The van der Waals surface area contributed by atoms with Crippen LogP contribution in [0.4, 0.5) is 0 Å². The fourth-order valence-electron chi connectivity index (χ4n) is 3.65. The molecule has 0 saturated carbocycles. The lowest BCUT2D eigenvalue weighted by Gasteiger charge is -2.24. The van der Waals surface area contributed by atoms with Gasteiger partial charge < -0.3 is 14.5 Å². The van der Waals surface area contributed by atoms with Gasteiger partial charge in [0.25, 0.3) is 0 Å². The summed E-state index contributed by atoms with van der Waals surface area (Å²) >= 11 is 1.79. The second-order valence-electron chi connectivity index (χ2n) is 10.7. The average Bonchev–Trinajstić information content (AvgIpc) is 2.76. The van der Waals surface area contributed by atoms with Crippen LogP contribution in [-0.2, 0) is 13.6 Å². The molecule has 0 aromatic carbocycles. The zero-order valence-corrected chi connectivity index (χ0v) is 24.6. The van der Waals surface area contributed by atoms with E-state index in [9.17, 15) is 14.6 Å². The maximum absolute atomic E-state index is 12.0. The molecule has 0 aliphatic heterocycles. The normalized spacial score (nSPS) is 14.9. The molecule has 0 bridgehead atoms. The maximum atomic E-state index is 12.0. The summed E-state index contributed by atoms with van der Waals surface area (Å²) in [5.41, 5.74) is 0. The van der Waals surface area contributed by atoms with Crippen molar-refractivity contribution in [3.8, 4) is 0 Å². The first-order valence-corrected chi connectivity index (χ1v) is 16.5. The minimum Gasteiger partial charge on any atom is -0.396 e. The molecule has 206 valence electrons. The third-order valence-corrected chi connectivity index (χ3v) is 8.26. The van der Waals surface area contributed by atoms with E-state index in [4.69, 9.17) is 9.05 Å². The van der Waals surface area contributed by atoms with Crippen molar-refractivity contribution in [2.45, 2.75) is 103 Å². The Morgan fingerprint density at radius 1 is 0.794 bits per heavy atom. The largest absolute Gasteiger partial charge is 0.472 e. The Labute approximate surface area is 215 Å². The lowest BCUT2D eigenvalue weighted by atomic mass is 10.0. The first-order valence-electron chi connectivity index (χ1n) is 13.8. The zero-order valence-electron chi connectivity index (χ0n) is 22.8. The van der Waals surface area contributed by atoms with Crippen LogP contribution < -0.4 is 0 Å². The molecule has 0 aliphatic carbocycles. The second kappa shape index (κ2) is 22.6. The van der Waals surface area contributed by atoms with Crippen molar-refractivity contribution >= 4 is 19.6 Å². The van der Waals surface area contributed by atoms with Gasteiger partial charge in [-0.15, -0.1) is 0 Å². The molecule has 0 radical (unpaired) electrons. The van der Waals surface area contributed by atoms with Gasteiger partial charge in [-0.3, -0.25) is 9.05 Å². The van der Waals surface area contributed by atoms with E-state index in [2.05, 4.69) is 6.92 Å². The van der Waals surface area contributed by atoms with Crippen LogP contribution >= 0.6 is 19.6 Å². The van der Waals surface area contributed by atoms with Crippen molar-refractivity contribution in [1.82, 2.24) is 0 Å². The van der Waals surface area contributed by atoms with Gasteiger partial charge >= 0.3 is 7.82 Å².